The van der Waals surface area contributed by atoms with Crippen molar-refractivity contribution >= 4 is 11.8 Å². The van der Waals surface area contributed by atoms with Gasteiger partial charge in [0.2, 0.25) is 5.88 Å². The molecule has 2 unspecified atom stereocenters. The summed E-state index contributed by atoms with van der Waals surface area (Å²) in [6.45, 7) is 5.06. The molecule has 1 aromatic heterocycles. The van der Waals surface area contributed by atoms with Crippen LogP contribution in [-0.2, 0) is 4.74 Å². The van der Waals surface area contributed by atoms with Crippen molar-refractivity contribution in [2.75, 3.05) is 13.1 Å². The number of hydrogen-bond donors (Lipinski definition) is 0. The first kappa shape index (κ1) is 16.9. The maximum atomic E-state index is 14.0. The molecule has 8 nitrogen and oxygen atoms in total. The van der Waals surface area contributed by atoms with E-state index in [4.69, 9.17) is 9.47 Å². The molecule has 1 fully saturated rings. The number of carbonyl (C=O) groups excluding carboxylic acids is 1. The van der Waals surface area contributed by atoms with Gasteiger partial charge in [0.05, 0.1) is 18.0 Å². The lowest BCUT2D eigenvalue weighted by atomic mass is 10.2. The number of hydrogen-bond acceptors (Lipinski definition) is 6. The maximum Gasteiger partial charge on any atom is 0.410 e. The van der Waals surface area contributed by atoms with E-state index in [1.807, 2.05) is 0 Å². The molecule has 1 amide bonds. The summed E-state index contributed by atoms with van der Waals surface area (Å²) in [5.41, 5.74) is -0.849. The summed E-state index contributed by atoms with van der Waals surface area (Å²) in [5.74, 6) is 0.0642. The van der Waals surface area contributed by atoms with Crippen molar-refractivity contribution in [3.8, 4) is 5.88 Å². The summed E-state index contributed by atoms with van der Waals surface area (Å²) in [6.07, 6.45) is -1.86. The zero-order valence-electron chi connectivity index (χ0n) is 13.1. The average molecular weight is 327 g/mol. The van der Waals surface area contributed by atoms with Gasteiger partial charge >= 0.3 is 6.09 Å². The van der Waals surface area contributed by atoms with Gasteiger partial charge in [-0.1, -0.05) is 0 Å². The Morgan fingerprint density at radius 1 is 1.43 bits per heavy atom. The molecule has 0 bridgehead atoms. The van der Waals surface area contributed by atoms with Gasteiger partial charge in [0.15, 0.2) is 12.3 Å². The van der Waals surface area contributed by atoms with Crippen LogP contribution in [0.2, 0.25) is 0 Å². The number of aromatic nitrogens is 1. The molecule has 1 saturated heterocycles. The second-order valence-corrected chi connectivity index (χ2v) is 6.17. The molecule has 0 radical (unpaired) electrons. The van der Waals surface area contributed by atoms with Gasteiger partial charge in [-0.2, -0.15) is 0 Å². The second-order valence-electron chi connectivity index (χ2n) is 6.17. The Morgan fingerprint density at radius 2 is 2.13 bits per heavy atom. The van der Waals surface area contributed by atoms with Crippen molar-refractivity contribution in [3.05, 3.63) is 28.4 Å². The minimum atomic E-state index is -1.39. The highest BCUT2D eigenvalue weighted by molar-refractivity contribution is 5.68. The molecule has 0 saturated carbocycles. The quantitative estimate of drug-likeness (QED) is 0.624. The van der Waals surface area contributed by atoms with Gasteiger partial charge in [-0.25, -0.2) is 14.2 Å². The van der Waals surface area contributed by atoms with Crippen molar-refractivity contribution < 1.29 is 23.6 Å². The van der Waals surface area contributed by atoms with Crippen molar-refractivity contribution in [3.63, 3.8) is 0 Å². The summed E-state index contributed by atoms with van der Waals surface area (Å²) in [5, 5.41) is 10.5. The van der Waals surface area contributed by atoms with Crippen LogP contribution in [0.15, 0.2) is 18.3 Å². The molecule has 1 aliphatic rings. The van der Waals surface area contributed by atoms with Gasteiger partial charge in [0, 0.05) is 12.1 Å². The van der Waals surface area contributed by atoms with Crippen molar-refractivity contribution in [1.82, 2.24) is 9.88 Å². The molecular formula is C14H18FN3O5. The number of nitrogens with zero attached hydrogens (tertiary/aromatic N) is 3. The van der Waals surface area contributed by atoms with Crippen LogP contribution >= 0.6 is 0 Å². The van der Waals surface area contributed by atoms with Gasteiger partial charge in [-0.3, -0.25) is 10.1 Å². The smallest absolute Gasteiger partial charge is 0.410 e. The van der Waals surface area contributed by atoms with Crippen LogP contribution in [0, 0.1) is 10.1 Å². The molecule has 0 aromatic carbocycles. The molecule has 0 aliphatic carbocycles. The van der Waals surface area contributed by atoms with Crippen LogP contribution in [-0.4, -0.2) is 51.9 Å². The fourth-order valence-electron chi connectivity index (χ4n) is 2.03. The summed E-state index contributed by atoms with van der Waals surface area (Å²) >= 11 is 0. The Morgan fingerprint density at radius 3 is 2.65 bits per heavy atom. The van der Waals surface area contributed by atoms with Crippen molar-refractivity contribution in [1.29, 1.82) is 0 Å². The maximum absolute atomic E-state index is 14.0. The number of alkyl halides is 1. The van der Waals surface area contributed by atoms with E-state index in [1.165, 1.54) is 17.0 Å². The summed E-state index contributed by atoms with van der Waals surface area (Å²) < 4.78 is 24.6. The van der Waals surface area contributed by atoms with Crippen LogP contribution in [0.1, 0.15) is 20.8 Å². The van der Waals surface area contributed by atoms with E-state index in [0.29, 0.717) is 0 Å². The number of nitro groups is 1. The predicted octanol–water partition coefficient (Wildman–Crippen LogP) is 2.33. The van der Waals surface area contributed by atoms with E-state index >= 15 is 0 Å². The molecule has 2 rings (SSSR count). The lowest BCUT2D eigenvalue weighted by Crippen LogP contribution is -2.36. The van der Waals surface area contributed by atoms with E-state index in [0.717, 1.165) is 6.20 Å². The molecule has 0 spiro atoms. The SMILES string of the molecule is CC(C)(C)OC(=O)N1CC(F)C(Oc2ccc([N+](=O)[O-])cn2)C1. The van der Waals surface area contributed by atoms with Gasteiger partial charge < -0.3 is 14.4 Å². The number of rotatable bonds is 3. The van der Waals surface area contributed by atoms with Crippen LogP contribution in [0.4, 0.5) is 14.9 Å². The van der Waals surface area contributed by atoms with Crippen LogP contribution in [0.25, 0.3) is 0 Å². The number of ether oxygens (including phenoxy) is 2. The van der Waals surface area contributed by atoms with Crippen LogP contribution in [0.5, 0.6) is 5.88 Å². The fraction of sp³-hybridized carbons (Fsp3) is 0.571. The third kappa shape index (κ3) is 4.51. The molecular weight excluding hydrogens is 309 g/mol. The molecule has 2 atom stereocenters. The standard InChI is InChI=1S/C14H18FN3O5/c1-14(2,3)23-13(19)17-7-10(15)11(8-17)22-12-5-4-9(6-16-12)18(20)21/h4-6,10-11H,7-8H2,1-3H3. The molecule has 9 heteroatoms. The first-order valence-electron chi connectivity index (χ1n) is 7.05. The fourth-order valence-corrected chi connectivity index (χ4v) is 2.03. The Labute approximate surface area is 132 Å². The topological polar surface area (TPSA) is 94.8 Å². The second kappa shape index (κ2) is 6.35. The zero-order valence-corrected chi connectivity index (χ0v) is 13.1. The first-order valence-corrected chi connectivity index (χ1v) is 7.05. The van der Waals surface area contributed by atoms with Crippen molar-refractivity contribution in [2.24, 2.45) is 0 Å². The summed E-state index contributed by atoms with van der Waals surface area (Å²) in [6, 6.07) is 2.51. The molecule has 23 heavy (non-hydrogen) atoms. The molecule has 2 heterocycles. The van der Waals surface area contributed by atoms with E-state index in [2.05, 4.69) is 4.98 Å². The van der Waals surface area contributed by atoms with E-state index < -0.39 is 28.9 Å². The van der Waals surface area contributed by atoms with Gasteiger partial charge in [0.25, 0.3) is 5.69 Å². The van der Waals surface area contributed by atoms with Gasteiger partial charge in [-0.15, -0.1) is 0 Å². The predicted molar refractivity (Wildman–Crippen MR) is 78.0 cm³/mol. The number of halogens is 1. The zero-order chi connectivity index (χ0) is 17.2. The highest BCUT2D eigenvalue weighted by Gasteiger charge is 2.39. The Bertz CT molecular complexity index is 587. The molecule has 0 N–H and O–H groups in total. The highest BCUT2D eigenvalue weighted by atomic mass is 19.1. The third-order valence-corrected chi connectivity index (χ3v) is 3.05. The minimum Gasteiger partial charge on any atom is -0.469 e. The van der Waals surface area contributed by atoms with Gasteiger partial charge in [-0.05, 0) is 20.8 Å². The number of pyridine rings is 1. The molecule has 1 aliphatic heterocycles. The summed E-state index contributed by atoms with van der Waals surface area (Å²) in [7, 11) is 0. The van der Waals surface area contributed by atoms with E-state index in [9.17, 15) is 19.3 Å². The Hall–Kier alpha value is -2.45. The largest absolute Gasteiger partial charge is 0.469 e. The van der Waals surface area contributed by atoms with Crippen molar-refractivity contribution in [2.45, 2.75) is 38.6 Å². The number of amides is 1. The normalized spacial score (nSPS) is 21.1. The average Bonchev–Trinajstić information content (AvgIpc) is 2.79. The number of likely N-dealkylation sites (tertiary alicyclic amines) is 1. The van der Waals surface area contributed by atoms with E-state index in [-0.39, 0.29) is 24.7 Å². The third-order valence-electron chi connectivity index (χ3n) is 3.05. The Balaban J connectivity index is 1.96. The Kier molecular flexibility index (Phi) is 4.67. The monoisotopic (exact) mass is 327 g/mol. The molecule has 126 valence electrons. The highest BCUT2D eigenvalue weighted by Crippen LogP contribution is 2.22. The van der Waals surface area contributed by atoms with Crippen LogP contribution in [0.3, 0.4) is 0 Å². The number of carbonyl (C=O) groups is 1. The van der Waals surface area contributed by atoms with Gasteiger partial charge in [0.1, 0.15) is 11.8 Å². The lowest BCUT2D eigenvalue weighted by molar-refractivity contribution is -0.385. The van der Waals surface area contributed by atoms with Crippen LogP contribution < -0.4 is 4.74 Å². The summed E-state index contributed by atoms with van der Waals surface area (Å²) in [4.78, 5) is 26.9. The van der Waals surface area contributed by atoms with E-state index in [1.54, 1.807) is 20.8 Å². The molecule has 1 aromatic rings. The lowest BCUT2D eigenvalue weighted by Gasteiger charge is -2.24. The minimum absolute atomic E-state index is 0.0226. The first-order chi connectivity index (χ1) is 10.7.